The molecule has 0 saturated heterocycles. The Bertz CT molecular complexity index is 630. The Kier molecular flexibility index (Phi) is 6.53. The summed E-state index contributed by atoms with van der Waals surface area (Å²) in [4.78, 5) is 15.2. The Labute approximate surface area is 142 Å². The van der Waals surface area contributed by atoms with Crippen molar-refractivity contribution in [1.29, 1.82) is 0 Å². The van der Waals surface area contributed by atoms with Gasteiger partial charge in [0, 0.05) is 11.9 Å². The van der Waals surface area contributed by atoms with Crippen LogP contribution in [0.1, 0.15) is 12.5 Å². The molecule has 2 rings (SSSR count). The number of hydrogen-bond acceptors (Lipinski definition) is 3. The van der Waals surface area contributed by atoms with Crippen LogP contribution in [-0.2, 0) is 4.79 Å². The van der Waals surface area contributed by atoms with Gasteiger partial charge in [-0.1, -0.05) is 30.3 Å². The van der Waals surface area contributed by atoms with Crippen molar-refractivity contribution in [3.63, 3.8) is 0 Å². The predicted octanol–water partition coefficient (Wildman–Crippen LogP) is 4.01. The summed E-state index contributed by atoms with van der Waals surface area (Å²) in [5.74, 6) is 0.962. The molecule has 0 saturated carbocycles. The lowest BCUT2D eigenvalue weighted by atomic mass is 10.2. The Morgan fingerprint density at radius 3 is 2.61 bits per heavy atom. The minimum atomic E-state index is -0.110. The number of ether oxygens (including phenoxy) is 1. The highest BCUT2D eigenvalue weighted by molar-refractivity contribution is 8.00. The molecule has 0 aliphatic rings. The Morgan fingerprint density at radius 1 is 1.17 bits per heavy atom. The van der Waals surface area contributed by atoms with Gasteiger partial charge in [0.15, 0.2) is 0 Å². The number of carbonyl (C=O) groups excluding carboxylic acids is 1. The molecule has 23 heavy (non-hydrogen) atoms. The van der Waals surface area contributed by atoms with Gasteiger partial charge in [-0.05, 0) is 43.7 Å². The molecule has 0 aliphatic carbocycles. The van der Waals surface area contributed by atoms with Crippen LogP contribution in [-0.4, -0.2) is 36.3 Å². The minimum absolute atomic E-state index is 0.110. The van der Waals surface area contributed by atoms with Crippen molar-refractivity contribution in [2.75, 3.05) is 20.2 Å². The summed E-state index contributed by atoms with van der Waals surface area (Å²) < 4.78 is 5.70. The Hall–Kier alpha value is -1.94. The molecule has 0 radical (unpaired) electrons. The van der Waals surface area contributed by atoms with E-state index in [0.29, 0.717) is 13.2 Å². The lowest BCUT2D eigenvalue weighted by Gasteiger charge is -2.21. The molecule has 2 aromatic rings. The lowest BCUT2D eigenvalue weighted by molar-refractivity contribution is -0.129. The fourth-order valence-electron chi connectivity index (χ4n) is 2.18. The van der Waals surface area contributed by atoms with E-state index in [4.69, 9.17) is 4.74 Å². The molecule has 0 heterocycles. The highest BCUT2D eigenvalue weighted by atomic mass is 32.2. The second-order valence-electron chi connectivity index (χ2n) is 5.50. The summed E-state index contributed by atoms with van der Waals surface area (Å²) in [7, 11) is 1.82. The molecule has 1 amide bonds. The van der Waals surface area contributed by atoms with Crippen LogP contribution < -0.4 is 4.74 Å². The zero-order valence-corrected chi connectivity index (χ0v) is 14.7. The van der Waals surface area contributed by atoms with E-state index in [9.17, 15) is 4.79 Å². The maximum atomic E-state index is 12.4. The molecule has 0 N–H and O–H groups in total. The summed E-state index contributed by atoms with van der Waals surface area (Å²) in [5, 5.41) is -0.110. The van der Waals surface area contributed by atoms with Gasteiger partial charge in [0.2, 0.25) is 5.91 Å². The van der Waals surface area contributed by atoms with E-state index >= 15 is 0 Å². The molecule has 0 aliphatic heterocycles. The molecule has 1 atom stereocenters. The van der Waals surface area contributed by atoms with Crippen molar-refractivity contribution >= 4 is 17.7 Å². The van der Waals surface area contributed by atoms with Gasteiger partial charge in [-0.15, -0.1) is 11.8 Å². The van der Waals surface area contributed by atoms with Crippen molar-refractivity contribution in [2.24, 2.45) is 0 Å². The van der Waals surface area contributed by atoms with Crippen molar-refractivity contribution in [3.05, 3.63) is 60.2 Å². The van der Waals surface area contributed by atoms with Crippen LogP contribution in [0.3, 0.4) is 0 Å². The van der Waals surface area contributed by atoms with Gasteiger partial charge >= 0.3 is 0 Å². The number of likely N-dealkylation sites (N-methyl/N-ethyl adjacent to an activating group) is 1. The van der Waals surface area contributed by atoms with E-state index in [1.807, 2.05) is 75.5 Å². The monoisotopic (exact) mass is 329 g/mol. The van der Waals surface area contributed by atoms with Gasteiger partial charge in [0.25, 0.3) is 0 Å². The number of amides is 1. The number of hydrogen-bond donors (Lipinski definition) is 0. The Balaban J connectivity index is 1.78. The first-order valence-electron chi connectivity index (χ1n) is 7.72. The van der Waals surface area contributed by atoms with Gasteiger partial charge in [-0.3, -0.25) is 4.79 Å². The van der Waals surface area contributed by atoms with Crippen LogP contribution in [0, 0.1) is 6.92 Å². The standard InChI is InChI=1S/C19H23NO2S/c1-15-8-7-9-17(14-15)22-13-12-20(3)19(21)16(2)23-18-10-5-4-6-11-18/h4-11,14,16H,12-13H2,1-3H3. The topological polar surface area (TPSA) is 29.5 Å². The largest absolute Gasteiger partial charge is 0.492 e. The van der Waals surface area contributed by atoms with E-state index < -0.39 is 0 Å². The molecule has 0 spiro atoms. The minimum Gasteiger partial charge on any atom is -0.492 e. The molecule has 0 aromatic heterocycles. The molecule has 2 aromatic carbocycles. The van der Waals surface area contributed by atoms with E-state index in [-0.39, 0.29) is 11.2 Å². The average Bonchev–Trinajstić information content (AvgIpc) is 2.55. The Morgan fingerprint density at radius 2 is 1.91 bits per heavy atom. The van der Waals surface area contributed by atoms with E-state index in [2.05, 4.69) is 0 Å². The molecular weight excluding hydrogens is 306 g/mol. The quantitative estimate of drug-likeness (QED) is 0.719. The summed E-state index contributed by atoms with van der Waals surface area (Å²) in [6.45, 7) is 5.05. The zero-order valence-electron chi connectivity index (χ0n) is 13.9. The average molecular weight is 329 g/mol. The molecule has 0 bridgehead atoms. The van der Waals surface area contributed by atoms with Gasteiger partial charge in [-0.2, -0.15) is 0 Å². The van der Waals surface area contributed by atoms with Crippen LogP contribution in [0.15, 0.2) is 59.5 Å². The molecular formula is C19H23NO2S. The normalized spacial score (nSPS) is 11.8. The number of thioether (sulfide) groups is 1. The number of carbonyl (C=O) groups is 1. The second kappa shape index (κ2) is 8.63. The van der Waals surface area contributed by atoms with Gasteiger partial charge < -0.3 is 9.64 Å². The predicted molar refractivity (Wildman–Crippen MR) is 96.1 cm³/mol. The van der Waals surface area contributed by atoms with Crippen molar-refractivity contribution in [2.45, 2.75) is 24.0 Å². The van der Waals surface area contributed by atoms with Crippen LogP contribution >= 0.6 is 11.8 Å². The first kappa shape index (κ1) is 17.4. The fourth-order valence-corrected chi connectivity index (χ4v) is 3.18. The van der Waals surface area contributed by atoms with Crippen LogP contribution in [0.4, 0.5) is 0 Å². The molecule has 1 unspecified atom stereocenters. The third-order valence-corrected chi connectivity index (χ3v) is 4.56. The molecule has 3 nitrogen and oxygen atoms in total. The van der Waals surface area contributed by atoms with E-state index in [1.165, 1.54) is 5.56 Å². The summed E-state index contributed by atoms with van der Waals surface area (Å²) in [5.41, 5.74) is 1.17. The lowest BCUT2D eigenvalue weighted by Crippen LogP contribution is -2.36. The van der Waals surface area contributed by atoms with Gasteiger partial charge in [0.05, 0.1) is 11.8 Å². The van der Waals surface area contributed by atoms with Gasteiger partial charge in [-0.25, -0.2) is 0 Å². The highest BCUT2D eigenvalue weighted by Crippen LogP contribution is 2.23. The number of aryl methyl sites for hydroxylation is 1. The van der Waals surface area contributed by atoms with Crippen LogP contribution in [0.25, 0.3) is 0 Å². The van der Waals surface area contributed by atoms with Gasteiger partial charge in [0.1, 0.15) is 12.4 Å². The SMILES string of the molecule is Cc1cccc(OCCN(C)C(=O)C(C)Sc2ccccc2)c1. The smallest absolute Gasteiger partial charge is 0.235 e. The van der Waals surface area contributed by atoms with Crippen LogP contribution in [0.5, 0.6) is 5.75 Å². The van der Waals surface area contributed by atoms with Crippen molar-refractivity contribution in [3.8, 4) is 5.75 Å². The summed E-state index contributed by atoms with van der Waals surface area (Å²) in [6.07, 6.45) is 0. The first-order valence-corrected chi connectivity index (χ1v) is 8.60. The van der Waals surface area contributed by atoms with E-state index in [0.717, 1.165) is 10.6 Å². The van der Waals surface area contributed by atoms with Crippen molar-refractivity contribution in [1.82, 2.24) is 4.90 Å². The van der Waals surface area contributed by atoms with E-state index in [1.54, 1.807) is 16.7 Å². The molecule has 0 fully saturated rings. The number of benzene rings is 2. The van der Waals surface area contributed by atoms with Crippen LogP contribution in [0.2, 0.25) is 0 Å². The number of nitrogens with zero attached hydrogens (tertiary/aromatic N) is 1. The highest BCUT2D eigenvalue weighted by Gasteiger charge is 2.18. The third-order valence-electron chi connectivity index (χ3n) is 3.47. The summed E-state index contributed by atoms with van der Waals surface area (Å²) >= 11 is 1.58. The zero-order chi connectivity index (χ0) is 16.7. The first-order chi connectivity index (χ1) is 11.1. The van der Waals surface area contributed by atoms with Crippen molar-refractivity contribution < 1.29 is 9.53 Å². The molecule has 122 valence electrons. The maximum Gasteiger partial charge on any atom is 0.235 e. The fraction of sp³-hybridized carbons (Fsp3) is 0.316. The number of rotatable bonds is 7. The third kappa shape index (κ3) is 5.64. The second-order valence-corrected chi connectivity index (χ2v) is 6.91. The molecule has 4 heteroatoms. The summed E-state index contributed by atoms with van der Waals surface area (Å²) in [6, 6.07) is 17.9. The maximum absolute atomic E-state index is 12.4.